The number of aryl methyl sites for hydroxylation is 1. The highest BCUT2D eigenvalue weighted by atomic mass is 32.2. The van der Waals surface area contributed by atoms with Crippen LogP contribution in [0, 0.1) is 12.7 Å². The molecule has 2 N–H and O–H groups in total. The summed E-state index contributed by atoms with van der Waals surface area (Å²) in [6.07, 6.45) is 3.06. The van der Waals surface area contributed by atoms with Gasteiger partial charge in [0.1, 0.15) is 10.7 Å². The van der Waals surface area contributed by atoms with Gasteiger partial charge < -0.3 is 0 Å². The van der Waals surface area contributed by atoms with E-state index >= 15 is 0 Å². The van der Waals surface area contributed by atoms with Crippen molar-refractivity contribution >= 4 is 10.0 Å². The van der Waals surface area contributed by atoms with Crippen molar-refractivity contribution in [1.29, 1.82) is 0 Å². The minimum absolute atomic E-state index is 0.100. The summed E-state index contributed by atoms with van der Waals surface area (Å²) < 4.78 is 39.0. The summed E-state index contributed by atoms with van der Waals surface area (Å²) in [4.78, 5) is 0.100. The molecule has 1 aromatic heterocycles. The molecule has 0 unspecified atom stereocenters. The Morgan fingerprint density at radius 1 is 1.42 bits per heavy atom. The molecule has 0 spiro atoms. The summed E-state index contributed by atoms with van der Waals surface area (Å²) >= 11 is 0. The molecular formula is C12H14FN3O2S. The van der Waals surface area contributed by atoms with Gasteiger partial charge >= 0.3 is 0 Å². The third-order valence-electron chi connectivity index (χ3n) is 2.77. The highest BCUT2D eigenvalue weighted by Gasteiger charge is 2.14. The number of halogens is 1. The molecule has 1 aromatic carbocycles. The molecule has 102 valence electrons. The summed E-state index contributed by atoms with van der Waals surface area (Å²) in [7, 11) is -3.53. The molecule has 0 atom stereocenters. The maximum absolute atomic E-state index is 12.9. The first kappa shape index (κ1) is 13.7. The van der Waals surface area contributed by atoms with Gasteiger partial charge in [0.2, 0.25) is 10.0 Å². The van der Waals surface area contributed by atoms with Crippen LogP contribution in [-0.4, -0.2) is 25.2 Å². The van der Waals surface area contributed by atoms with Gasteiger partial charge in [-0.1, -0.05) is 6.07 Å². The predicted octanol–water partition coefficient (Wildman–Crippen LogP) is 1.38. The molecule has 19 heavy (non-hydrogen) atoms. The second-order valence-corrected chi connectivity index (χ2v) is 5.92. The zero-order chi connectivity index (χ0) is 13.9. The van der Waals surface area contributed by atoms with Gasteiger partial charge in [-0.3, -0.25) is 5.10 Å². The summed E-state index contributed by atoms with van der Waals surface area (Å²) in [5.41, 5.74) is 1.72. The van der Waals surface area contributed by atoms with Crippen molar-refractivity contribution in [3.8, 4) is 0 Å². The van der Waals surface area contributed by atoms with Gasteiger partial charge in [0.25, 0.3) is 0 Å². The monoisotopic (exact) mass is 283 g/mol. The van der Waals surface area contributed by atoms with E-state index in [-0.39, 0.29) is 17.3 Å². The van der Waals surface area contributed by atoms with Crippen LogP contribution in [0.5, 0.6) is 0 Å². The Balaban J connectivity index is 1.97. The average Bonchev–Trinajstić information content (AvgIpc) is 2.86. The van der Waals surface area contributed by atoms with Crippen molar-refractivity contribution in [2.75, 3.05) is 6.54 Å². The highest BCUT2D eigenvalue weighted by molar-refractivity contribution is 7.89. The predicted molar refractivity (Wildman–Crippen MR) is 68.6 cm³/mol. The lowest BCUT2D eigenvalue weighted by Crippen LogP contribution is -2.25. The molecule has 0 saturated carbocycles. The van der Waals surface area contributed by atoms with E-state index in [0.717, 1.165) is 11.1 Å². The largest absolute Gasteiger partial charge is 0.284 e. The van der Waals surface area contributed by atoms with E-state index in [4.69, 9.17) is 0 Å². The molecule has 2 rings (SSSR count). The molecule has 0 aliphatic carbocycles. The third kappa shape index (κ3) is 3.39. The molecular weight excluding hydrogens is 269 g/mol. The fraction of sp³-hybridized carbons (Fsp3) is 0.250. The summed E-state index contributed by atoms with van der Waals surface area (Å²) in [5.74, 6) is -0.291. The summed E-state index contributed by atoms with van der Waals surface area (Å²) in [6, 6.07) is 4.46. The van der Waals surface area contributed by atoms with Crippen LogP contribution in [0.4, 0.5) is 4.39 Å². The second kappa shape index (κ2) is 5.50. The van der Waals surface area contributed by atoms with Crippen molar-refractivity contribution < 1.29 is 12.8 Å². The Morgan fingerprint density at radius 3 is 2.84 bits per heavy atom. The number of hydrogen-bond donors (Lipinski definition) is 2. The number of sulfonamides is 1. The smallest absolute Gasteiger partial charge is 0.243 e. The van der Waals surface area contributed by atoms with E-state index in [1.807, 2.05) is 0 Å². The van der Waals surface area contributed by atoms with Crippen molar-refractivity contribution in [2.45, 2.75) is 18.2 Å². The van der Waals surface area contributed by atoms with Gasteiger partial charge in [0.05, 0.1) is 6.20 Å². The Labute approximate surface area is 110 Å². The van der Waals surface area contributed by atoms with Gasteiger partial charge in [-0.05, 0) is 36.6 Å². The fourth-order valence-electron chi connectivity index (χ4n) is 1.73. The Morgan fingerprint density at radius 2 is 2.21 bits per heavy atom. The maximum Gasteiger partial charge on any atom is 0.243 e. The minimum Gasteiger partial charge on any atom is -0.284 e. The second-order valence-electron chi connectivity index (χ2n) is 4.15. The van der Waals surface area contributed by atoms with Crippen LogP contribution in [0.2, 0.25) is 0 Å². The van der Waals surface area contributed by atoms with Gasteiger partial charge in [-0.25, -0.2) is 17.5 Å². The van der Waals surface area contributed by atoms with Crippen molar-refractivity contribution in [1.82, 2.24) is 14.9 Å². The lowest BCUT2D eigenvalue weighted by molar-refractivity contribution is 0.581. The number of H-pyrrole nitrogens is 1. The molecule has 0 fully saturated rings. The average molecular weight is 283 g/mol. The normalized spacial score (nSPS) is 11.7. The number of nitrogens with zero attached hydrogens (tertiary/aromatic N) is 1. The van der Waals surface area contributed by atoms with Crippen LogP contribution in [0.25, 0.3) is 0 Å². The fourth-order valence-corrected chi connectivity index (χ4v) is 2.67. The van der Waals surface area contributed by atoms with Crippen LogP contribution >= 0.6 is 0 Å². The molecule has 2 aromatic rings. The lowest BCUT2D eigenvalue weighted by Gasteiger charge is -2.07. The first-order valence-electron chi connectivity index (χ1n) is 5.72. The third-order valence-corrected chi connectivity index (χ3v) is 4.20. The maximum atomic E-state index is 12.9. The Bertz CT molecular complexity index is 654. The first-order chi connectivity index (χ1) is 8.99. The molecule has 5 nitrogen and oxygen atoms in total. The van der Waals surface area contributed by atoms with E-state index in [9.17, 15) is 12.8 Å². The van der Waals surface area contributed by atoms with Crippen molar-refractivity contribution in [3.05, 3.63) is 47.5 Å². The minimum atomic E-state index is -3.53. The van der Waals surface area contributed by atoms with Gasteiger partial charge in [0, 0.05) is 12.7 Å². The number of nitrogens with one attached hydrogen (secondary N) is 2. The number of aromatic amines is 1. The molecule has 0 saturated heterocycles. The zero-order valence-corrected chi connectivity index (χ0v) is 11.2. The molecule has 7 heteroatoms. The van der Waals surface area contributed by atoms with Crippen LogP contribution in [0.1, 0.15) is 11.1 Å². The van der Waals surface area contributed by atoms with Gasteiger partial charge in [-0.15, -0.1) is 0 Å². The standard InChI is InChI=1S/C12H14FN3O2S/c1-9-6-11(13)3-2-10(9)4-5-16-19(17,18)12-7-14-15-8-12/h2-3,6-8,16H,4-5H2,1H3,(H,14,15). The molecule has 1 heterocycles. The number of benzene rings is 1. The lowest BCUT2D eigenvalue weighted by atomic mass is 10.1. The zero-order valence-electron chi connectivity index (χ0n) is 10.4. The molecule has 0 aliphatic heterocycles. The van der Waals surface area contributed by atoms with E-state index in [1.54, 1.807) is 13.0 Å². The Hall–Kier alpha value is -1.73. The molecule has 0 bridgehead atoms. The van der Waals surface area contributed by atoms with Gasteiger partial charge in [0.15, 0.2) is 0 Å². The summed E-state index contributed by atoms with van der Waals surface area (Å²) in [5, 5.41) is 6.04. The van der Waals surface area contributed by atoms with Gasteiger partial charge in [-0.2, -0.15) is 5.10 Å². The highest BCUT2D eigenvalue weighted by Crippen LogP contribution is 2.11. The van der Waals surface area contributed by atoms with Crippen molar-refractivity contribution in [2.24, 2.45) is 0 Å². The van der Waals surface area contributed by atoms with E-state index < -0.39 is 10.0 Å². The SMILES string of the molecule is Cc1cc(F)ccc1CCNS(=O)(=O)c1cn[nH]c1. The number of hydrogen-bond acceptors (Lipinski definition) is 3. The van der Waals surface area contributed by atoms with E-state index in [1.165, 1.54) is 24.5 Å². The topological polar surface area (TPSA) is 74.8 Å². The number of aromatic nitrogens is 2. The quantitative estimate of drug-likeness (QED) is 0.870. The number of rotatable bonds is 5. The van der Waals surface area contributed by atoms with Crippen LogP contribution in [0.15, 0.2) is 35.5 Å². The first-order valence-corrected chi connectivity index (χ1v) is 7.21. The van der Waals surface area contributed by atoms with E-state index in [2.05, 4.69) is 14.9 Å². The van der Waals surface area contributed by atoms with E-state index in [0.29, 0.717) is 6.42 Å². The molecule has 0 amide bonds. The van der Waals surface area contributed by atoms with Crippen LogP contribution in [-0.2, 0) is 16.4 Å². The van der Waals surface area contributed by atoms with Crippen LogP contribution < -0.4 is 4.72 Å². The molecule has 0 aliphatic rings. The van der Waals surface area contributed by atoms with Crippen LogP contribution in [0.3, 0.4) is 0 Å². The molecule has 0 radical (unpaired) electrons. The van der Waals surface area contributed by atoms with Crippen molar-refractivity contribution in [3.63, 3.8) is 0 Å². The Kier molecular flexibility index (Phi) is 3.96. The summed E-state index contributed by atoms with van der Waals surface area (Å²) in [6.45, 7) is 2.04.